The molecule has 1 aromatic rings. The molecule has 0 aliphatic heterocycles. The van der Waals surface area contributed by atoms with E-state index >= 15 is 0 Å². The van der Waals surface area contributed by atoms with Crippen LogP contribution in [0, 0.1) is 5.82 Å². The molecule has 72 valence electrons. The van der Waals surface area contributed by atoms with Gasteiger partial charge in [0.2, 0.25) is 0 Å². The quantitative estimate of drug-likeness (QED) is 0.685. The summed E-state index contributed by atoms with van der Waals surface area (Å²) in [6.45, 7) is 3.82. The fourth-order valence-corrected chi connectivity index (χ4v) is 3.17. The lowest BCUT2D eigenvalue weighted by Gasteiger charge is -2.13. The number of benzene rings is 1. The van der Waals surface area contributed by atoms with Crippen molar-refractivity contribution in [1.82, 2.24) is 0 Å². The van der Waals surface area contributed by atoms with Crippen molar-refractivity contribution < 1.29 is 8.96 Å². The van der Waals surface area contributed by atoms with Gasteiger partial charge in [0.1, 0.15) is 13.0 Å². The Labute approximate surface area is 78.3 Å². The van der Waals surface area contributed by atoms with Crippen LogP contribution in [0.3, 0.4) is 0 Å². The van der Waals surface area contributed by atoms with Crippen LogP contribution in [0.25, 0.3) is 0 Å². The maximum absolute atomic E-state index is 12.6. The number of rotatable bonds is 3. The molecule has 0 bridgehead atoms. The first-order valence-corrected chi connectivity index (χ1v) is 6.54. The Morgan fingerprint density at radius 3 is 2.00 bits per heavy atom. The van der Waals surface area contributed by atoms with Gasteiger partial charge in [0.25, 0.3) is 0 Å². The van der Waals surface area contributed by atoms with Crippen LogP contribution in [0.4, 0.5) is 4.39 Å². The topological polar surface area (TPSA) is 17.1 Å². The van der Waals surface area contributed by atoms with Crippen LogP contribution in [-0.2, 0) is 4.57 Å². The Morgan fingerprint density at radius 1 is 1.15 bits per heavy atom. The van der Waals surface area contributed by atoms with E-state index in [1.807, 2.05) is 13.8 Å². The highest BCUT2D eigenvalue weighted by atomic mass is 31.2. The molecule has 3 heteroatoms. The molecule has 0 heterocycles. The minimum Gasteiger partial charge on any atom is -0.319 e. The van der Waals surface area contributed by atoms with Gasteiger partial charge in [-0.25, -0.2) is 4.39 Å². The Bertz CT molecular complexity index is 310. The van der Waals surface area contributed by atoms with Gasteiger partial charge >= 0.3 is 0 Å². The number of hydrogen-bond acceptors (Lipinski definition) is 1. The molecule has 0 amide bonds. The second-order valence-corrected chi connectivity index (χ2v) is 6.56. The van der Waals surface area contributed by atoms with E-state index in [9.17, 15) is 8.96 Å². The SMILES string of the molecule is CCP(=O)(CC)c1ccc(F)cc1. The van der Waals surface area contributed by atoms with Crippen LogP contribution in [0.15, 0.2) is 24.3 Å². The molecule has 0 aliphatic carbocycles. The standard InChI is InChI=1S/C10H14FOP/c1-3-13(12,4-2)10-7-5-9(11)6-8-10/h5-8H,3-4H2,1-2H3. The number of hydrogen-bond donors (Lipinski definition) is 0. The number of halogens is 1. The third-order valence-electron chi connectivity index (χ3n) is 2.32. The molecular formula is C10H14FOP. The Morgan fingerprint density at radius 2 is 1.62 bits per heavy atom. The molecule has 1 aromatic carbocycles. The van der Waals surface area contributed by atoms with Crippen molar-refractivity contribution in [2.45, 2.75) is 13.8 Å². The maximum atomic E-state index is 12.6. The van der Waals surface area contributed by atoms with Crippen molar-refractivity contribution in [3.63, 3.8) is 0 Å². The Hall–Kier alpha value is -0.620. The molecule has 0 aromatic heterocycles. The van der Waals surface area contributed by atoms with E-state index in [0.29, 0.717) is 12.3 Å². The molecule has 0 N–H and O–H groups in total. The van der Waals surface area contributed by atoms with E-state index in [-0.39, 0.29) is 5.82 Å². The molecule has 0 atom stereocenters. The summed E-state index contributed by atoms with van der Waals surface area (Å²) in [5.41, 5.74) is 0. The van der Waals surface area contributed by atoms with E-state index in [1.165, 1.54) is 12.1 Å². The molecule has 0 radical (unpaired) electrons. The molecule has 1 nitrogen and oxygen atoms in total. The Kier molecular flexibility index (Phi) is 3.27. The van der Waals surface area contributed by atoms with Crippen LogP contribution < -0.4 is 5.30 Å². The van der Waals surface area contributed by atoms with Crippen molar-refractivity contribution in [3.8, 4) is 0 Å². The monoisotopic (exact) mass is 200 g/mol. The highest BCUT2D eigenvalue weighted by molar-refractivity contribution is 7.71. The summed E-state index contributed by atoms with van der Waals surface area (Å²) >= 11 is 0. The minimum atomic E-state index is -2.22. The van der Waals surface area contributed by atoms with E-state index in [0.717, 1.165) is 5.30 Å². The maximum Gasteiger partial charge on any atom is 0.123 e. The smallest absolute Gasteiger partial charge is 0.123 e. The second-order valence-electron chi connectivity index (χ2n) is 3.00. The first kappa shape index (κ1) is 10.5. The van der Waals surface area contributed by atoms with Crippen molar-refractivity contribution in [2.75, 3.05) is 12.3 Å². The van der Waals surface area contributed by atoms with Crippen LogP contribution in [0.2, 0.25) is 0 Å². The van der Waals surface area contributed by atoms with Crippen LogP contribution in [0.1, 0.15) is 13.8 Å². The second kappa shape index (κ2) is 4.06. The summed E-state index contributed by atoms with van der Waals surface area (Å²) in [4.78, 5) is 0. The van der Waals surface area contributed by atoms with Crippen molar-refractivity contribution in [3.05, 3.63) is 30.1 Å². The predicted molar refractivity (Wildman–Crippen MR) is 54.7 cm³/mol. The first-order valence-electron chi connectivity index (χ1n) is 4.46. The highest BCUT2D eigenvalue weighted by Crippen LogP contribution is 2.42. The molecule has 0 aliphatic rings. The molecule has 0 saturated carbocycles. The van der Waals surface area contributed by atoms with E-state index in [1.54, 1.807) is 12.1 Å². The van der Waals surface area contributed by atoms with Crippen LogP contribution in [0.5, 0.6) is 0 Å². The summed E-state index contributed by atoms with van der Waals surface area (Å²) in [6.07, 6.45) is 1.30. The lowest BCUT2D eigenvalue weighted by Crippen LogP contribution is -2.08. The van der Waals surface area contributed by atoms with Gasteiger partial charge in [-0.2, -0.15) is 0 Å². The third kappa shape index (κ3) is 2.19. The third-order valence-corrected chi connectivity index (χ3v) is 5.60. The molecule has 0 saturated heterocycles. The molecule has 0 spiro atoms. The van der Waals surface area contributed by atoms with Crippen LogP contribution in [-0.4, -0.2) is 12.3 Å². The van der Waals surface area contributed by atoms with Gasteiger partial charge in [-0.1, -0.05) is 13.8 Å². The molecule has 1 rings (SSSR count). The minimum absolute atomic E-state index is 0.275. The lowest BCUT2D eigenvalue weighted by atomic mass is 10.3. The van der Waals surface area contributed by atoms with Crippen molar-refractivity contribution in [2.24, 2.45) is 0 Å². The van der Waals surface area contributed by atoms with Gasteiger partial charge in [-0.05, 0) is 24.3 Å². The van der Waals surface area contributed by atoms with Gasteiger partial charge < -0.3 is 4.57 Å². The lowest BCUT2D eigenvalue weighted by molar-refractivity contribution is 0.582. The zero-order valence-corrected chi connectivity index (χ0v) is 8.85. The zero-order chi connectivity index (χ0) is 9.90. The fourth-order valence-electron chi connectivity index (χ4n) is 1.30. The zero-order valence-electron chi connectivity index (χ0n) is 7.96. The molecule has 0 fully saturated rings. The summed E-state index contributed by atoms with van der Waals surface area (Å²) in [5, 5.41) is 0.791. The largest absolute Gasteiger partial charge is 0.319 e. The predicted octanol–water partition coefficient (Wildman–Crippen LogP) is 2.85. The molecule has 0 unspecified atom stereocenters. The summed E-state index contributed by atoms with van der Waals surface area (Å²) in [7, 11) is -2.22. The summed E-state index contributed by atoms with van der Waals surface area (Å²) in [5.74, 6) is -0.275. The average molecular weight is 200 g/mol. The van der Waals surface area contributed by atoms with Gasteiger partial charge in [-0.3, -0.25) is 0 Å². The molecule has 13 heavy (non-hydrogen) atoms. The van der Waals surface area contributed by atoms with E-state index < -0.39 is 7.14 Å². The van der Waals surface area contributed by atoms with Gasteiger partial charge in [0.15, 0.2) is 0 Å². The van der Waals surface area contributed by atoms with E-state index in [2.05, 4.69) is 0 Å². The van der Waals surface area contributed by atoms with Crippen molar-refractivity contribution in [1.29, 1.82) is 0 Å². The fraction of sp³-hybridized carbons (Fsp3) is 0.400. The summed E-state index contributed by atoms with van der Waals surface area (Å²) in [6, 6.07) is 5.99. The van der Waals surface area contributed by atoms with Gasteiger partial charge in [-0.15, -0.1) is 0 Å². The van der Waals surface area contributed by atoms with Gasteiger partial charge in [0.05, 0.1) is 0 Å². The highest BCUT2D eigenvalue weighted by Gasteiger charge is 2.19. The normalized spacial score (nSPS) is 11.6. The Balaban J connectivity index is 3.07. The van der Waals surface area contributed by atoms with E-state index in [4.69, 9.17) is 0 Å². The van der Waals surface area contributed by atoms with Crippen molar-refractivity contribution >= 4 is 12.4 Å². The first-order chi connectivity index (χ1) is 6.12. The van der Waals surface area contributed by atoms with Gasteiger partial charge in [0, 0.05) is 17.6 Å². The average Bonchev–Trinajstić information content (AvgIpc) is 2.18. The molecular weight excluding hydrogens is 186 g/mol. The van der Waals surface area contributed by atoms with Crippen LogP contribution >= 0.6 is 7.14 Å². The summed E-state index contributed by atoms with van der Waals surface area (Å²) < 4.78 is 24.7.